The molecule has 0 aromatic carbocycles. The van der Waals surface area contributed by atoms with Crippen LogP contribution in [0.2, 0.25) is 0 Å². The summed E-state index contributed by atoms with van der Waals surface area (Å²) in [5.74, 6) is 5.00. The van der Waals surface area contributed by atoms with E-state index in [1.165, 1.54) is 19.3 Å². The summed E-state index contributed by atoms with van der Waals surface area (Å²) >= 11 is 0. The molecule has 0 amide bonds. The Morgan fingerprint density at radius 1 is 1.47 bits per heavy atom. The van der Waals surface area contributed by atoms with Crippen LogP contribution in [-0.4, -0.2) is 9.55 Å². The van der Waals surface area contributed by atoms with Gasteiger partial charge in [-0.05, 0) is 12.8 Å². The van der Waals surface area contributed by atoms with Crippen LogP contribution in [0.5, 0.6) is 0 Å². The minimum atomic E-state index is -0.0209. The van der Waals surface area contributed by atoms with Gasteiger partial charge in [-0.15, -0.1) is 6.42 Å². The number of aromatic nitrogens is 2. The van der Waals surface area contributed by atoms with Crippen molar-refractivity contribution in [2.75, 3.05) is 5.73 Å². The smallest absolute Gasteiger partial charge is 0.127 e. The topological polar surface area (TPSA) is 43.8 Å². The maximum absolute atomic E-state index is 6.20. The second kappa shape index (κ2) is 4.10. The number of nitrogen functional groups attached to an aromatic ring is 1. The number of terminal acetylenes is 1. The molecule has 0 spiro atoms. The Labute approximate surface area is 103 Å². The van der Waals surface area contributed by atoms with Gasteiger partial charge in [0.15, 0.2) is 0 Å². The third-order valence-corrected chi connectivity index (χ3v) is 3.45. The lowest BCUT2D eigenvalue weighted by atomic mass is 9.83. The van der Waals surface area contributed by atoms with Crippen LogP contribution in [0.15, 0.2) is 0 Å². The molecule has 2 N–H and O–H groups in total. The van der Waals surface area contributed by atoms with Gasteiger partial charge in [-0.2, -0.15) is 0 Å². The lowest BCUT2D eigenvalue weighted by Gasteiger charge is -2.23. The molecule has 1 fully saturated rings. The summed E-state index contributed by atoms with van der Waals surface area (Å²) in [6.07, 6.45) is 9.13. The average Bonchev–Trinajstić information content (AvgIpc) is 2.44. The van der Waals surface area contributed by atoms with Crippen molar-refractivity contribution in [2.24, 2.45) is 0 Å². The molecule has 1 heterocycles. The Morgan fingerprint density at radius 3 is 2.53 bits per heavy atom. The first-order valence-electron chi connectivity index (χ1n) is 6.25. The number of anilines is 1. The zero-order chi connectivity index (χ0) is 12.6. The minimum absolute atomic E-state index is 0.0209. The number of hydrogen-bond acceptors (Lipinski definition) is 2. The highest BCUT2D eigenvalue weighted by Crippen LogP contribution is 2.40. The van der Waals surface area contributed by atoms with Gasteiger partial charge in [0.1, 0.15) is 11.6 Å². The fourth-order valence-corrected chi connectivity index (χ4v) is 2.29. The van der Waals surface area contributed by atoms with Crippen LogP contribution in [-0.2, 0) is 12.0 Å². The van der Waals surface area contributed by atoms with Crippen molar-refractivity contribution in [3.05, 3.63) is 11.5 Å². The van der Waals surface area contributed by atoms with Gasteiger partial charge in [0.2, 0.25) is 0 Å². The van der Waals surface area contributed by atoms with Gasteiger partial charge in [0.05, 0.1) is 12.2 Å². The van der Waals surface area contributed by atoms with Crippen LogP contribution in [0.3, 0.4) is 0 Å². The summed E-state index contributed by atoms with van der Waals surface area (Å²) in [7, 11) is 0. The second-order valence-corrected chi connectivity index (χ2v) is 5.87. The van der Waals surface area contributed by atoms with Gasteiger partial charge in [-0.3, -0.25) is 0 Å². The third kappa shape index (κ3) is 2.04. The summed E-state index contributed by atoms with van der Waals surface area (Å²) in [6, 6.07) is 0. The highest BCUT2D eigenvalue weighted by Gasteiger charge is 2.30. The van der Waals surface area contributed by atoms with E-state index in [9.17, 15) is 0 Å². The van der Waals surface area contributed by atoms with Crippen molar-refractivity contribution in [3.63, 3.8) is 0 Å². The molecule has 17 heavy (non-hydrogen) atoms. The van der Waals surface area contributed by atoms with Gasteiger partial charge in [-0.25, -0.2) is 4.98 Å². The highest BCUT2D eigenvalue weighted by molar-refractivity contribution is 5.43. The molecule has 1 aromatic rings. The van der Waals surface area contributed by atoms with Gasteiger partial charge < -0.3 is 10.3 Å². The van der Waals surface area contributed by atoms with Crippen LogP contribution < -0.4 is 5.73 Å². The number of nitrogens with two attached hydrogens (primary N) is 1. The van der Waals surface area contributed by atoms with E-state index in [4.69, 9.17) is 17.1 Å². The molecule has 0 radical (unpaired) electrons. The number of imidazole rings is 1. The van der Waals surface area contributed by atoms with Crippen LogP contribution in [0.1, 0.15) is 57.5 Å². The zero-order valence-corrected chi connectivity index (χ0v) is 11.0. The molecule has 2 rings (SSSR count). The number of nitrogens with zero attached hydrogens (tertiary/aromatic N) is 2. The predicted octanol–water partition coefficient (Wildman–Crippen LogP) is 2.66. The molecule has 0 saturated heterocycles. The molecule has 1 aliphatic carbocycles. The fourth-order valence-electron chi connectivity index (χ4n) is 2.29. The van der Waals surface area contributed by atoms with E-state index in [1.54, 1.807) is 0 Å². The standard InChI is InChI=1S/C14H21N3/c1-5-9-17-12(15)11(10-7-6-8-10)16-13(17)14(2,3)4/h1,10H,6-9,15H2,2-4H3. The molecule has 92 valence electrons. The number of hydrogen-bond donors (Lipinski definition) is 1. The first-order chi connectivity index (χ1) is 7.95. The Balaban J connectivity index is 2.47. The average molecular weight is 231 g/mol. The van der Waals surface area contributed by atoms with Gasteiger partial charge in [0.25, 0.3) is 0 Å². The maximum Gasteiger partial charge on any atom is 0.127 e. The molecular formula is C14H21N3. The van der Waals surface area contributed by atoms with E-state index in [2.05, 4.69) is 26.7 Å². The Hall–Kier alpha value is -1.43. The molecule has 1 aliphatic rings. The fraction of sp³-hybridized carbons (Fsp3) is 0.643. The van der Waals surface area contributed by atoms with Crippen LogP contribution >= 0.6 is 0 Å². The van der Waals surface area contributed by atoms with Crippen molar-refractivity contribution in [1.82, 2.24) is 9.55 Å². The summed E-state index contributed by atoms with van der Waals surface area (Å²) in [5.41, 5.74) is 7.25. The first kappa shape index (κ1) is 12.0. The van der Waals surface area contributed by atoms with Crippen molar-refractivity contribution >= 4 is 5.82 Å². The molecule has 0 bridgehead atoms. The van der Waals surface area contributed by atoms with E-state index >= 15 is 0 Å². The highest BCUT2D eigenvalue weighted by atomic mass is 15.2. The summed E-state index contributed by atoms with van der Waals surface area (Å²) in [6.45, 7) is 6.95. The zero-order valence-electron chi connectivity index (χ0n) is 11.0. The van der Waals surface area contributed by atoms with Gasteiger partial charge in [0, 0.05) is 11.3 Å². The minimum Gasteiger partial charge on any atom is -0.384 e. The van der Waals surface area contributed by atoms with Crippen molar-refractivity contribution in [1.29, 1.82) is 0 Å². The van der Waals surface area contributed by atoms with E-state index in [1.807, 2.05) is 4.57 Å². The monoisotopic (exact) mass is 231 g/mol. The molecular weight excluding hydrogens is 210 g/mol. The van der Waals surface area contributed by atoms with Crippen molar-refractivity contribution in [3.8, 4) is 12.3 Å². The molecule has 0 atom stereocenters. The third-order valence-electron chi connectivity index (χ3n) is 3.45. The van der Waals surface area contributed by atoms with E-state index in [0.717, 1.165) is 17.3 Å². The SMILES string of the molecule is C#CCn1c(C(C)(C)C)nc(C2CCC2)c1N. The lowest BCUT2D eigenvalue weighted by molar-refractivity contribution is 0.411. The molecule has 1 aromatic heterocycles. The van der Waals surface area contributed by atoms with Crippen molar-refractivity contribution < 1.29 is 0 Å². The molecule has 0 aliphatic heterocycles. The summed E-state index contributed by atoms with van der Waals surface area (Å²) < 4.78 is 1.99. The normalized spacial score (nSPS) is 16.6. The van der Waals surface area contributed by atoms with Gasteiger partial charge >= 0.3 is 0 Å². The Kier molecular flexibility index (Phi) is 2.91. The van der Waals surface area contributed by atoms with Crippen molar-refractivity contribution in [2.45, 2.75) is 57.9 Å². The second-order valence-electron chi connectivity index (χ2n) is 5.87. The predicted molar refractivity (Wildman–Crippen MR) is 70.8 cm³/mol. The molecule has 1 saturated carbocycles. The molecule has 3 heteroatoms. The summed E-state index contributed by atoms with van der Waals surface area (Å²) in [4.78, 5) is 4.76. The summed E-state index contributed by atoms with van der Waals surface area (Å²) in [5, 5.41) is 0. The van der Waals surface area contributed by atoms with Crippen LogP contribution in [0.4, 0.5) is 5.82 Å². The largest absolute Gasteiger partial charge is 0.384 e. The Morgan fingerprint density at radius 2 is 2.12 bits per heavy atom. The van der Waals surface area contributed by atoms with Crippen LogP contribution in [0.25, 0.3) is 0 Å². The molecule has 3 nitrogen and oxygen atoms in total. The number of rotatable bonds is 2. The van der Waals surface area contributed by atoms with E-state index in [-0.39, 0.29) is 5.41 Å². The van der Waals surface area contributed by atoms with Gasteiger partial charge in [-0.1, -0.05) is 33.1 Å². The lowest BCUT2D eigenvalue weighted by Crippen LogP contribution is -2.19. The Bertz CT molecular complexity index is 453. The first-order valence-corrected chi connectivity index (χ1v) is 6.25. The van der Waals surface area contributed by atoms with E-state index in [0.29, 0.717) is 12.5 Å². The molecule has 0 unspecified atom stereocenters. The quantitative estimate of drug-likeness (QED) is 0.795. The van der Waals surface area contributed by atoms with E-state index < -0.39 is 0 Å². The maximum atomic E-state index is 6.20. The van der Waals surface area contributed by atoms with Crippen LogP contribution in [0, 0.1) is 12.3 Å².